The Morgan fingerprint density at radius 3 is 2.12 bits per heavy atom. The maximum Gasteiger partial charge on any atom is 0.0794 e. The van der Waals surface area contributed by atoms with Crippen LogP contribution in [0, 0.1) is 0 Å². The molecule has 0 N–H and O–H groups in total. The predicted molar refractivity (Wildman–Crippen MR) is 74.6 cm³/mol. The molecule has 2 heterocycles. The highest BCUT2D eigenvalue weighted by molar-refractivity contribution is 7.09. The third kappa shape index (κ3) is 4.45. The molecular formula is C13H19NS2. The Bertz CT molecular complexity index is 322. The predicted octanol–water partition coefficient (Wildman–Crippen LogP) is 5.14. The first-order chi connectivity index (χ1) is 7.61. The van der Waals surface area contributed by atoms with Crippen molar-refractivity contribution < 1.29 is 0 Å². The molecule has 2 aromatic heterocycles. The zero-order chi connectivity index (χ0) is 12.0. The summed E-state index contributed by atoms with van der Waals surface area (Å²) in [5.41, 5.74) is 3.32. The van der Waals surface area contributed by atoms with Crippen molar-refractivity contribution in [3.63, 3.8) is 0 Å². The van der Waals surface area contributed by atoms with Crippen LogP contribution < -0.4 is 0 Å². The fraction of sp³-hybridized carbons (Fsp3) is 0.462. The molecular weight excluding hydrogens is 234 g/mol. The van der Waals surface area contributed by atoms with Gasteiger partial charge in [-0.1, -0.05) is 27.7 Å². The number of rotatable bonds is 2. The Labute approximate surface area is 106 Å². The van der Waals surface area contributed by atoms with E-state index in [9.17, 15) is 0 Å². The van der Waals surface area contributed by atoms with Crippen molar-refractivity contribution >= 4 is 22.7 Å². The summed E-state index contributed by atoms with van der Waals surface area (Å²) >= 11 is 3.49. The van der Waals surface area contributed by atoms with E-state index < -0.39 is 0 Å². The molecule has 0 aliphatic carbocycles. The fourth-order valence-corrected chi connectivity index (χ4v) is 2.57. The van der Waals surface area contributed by atoms with Gasteiger partial charge in [0.1, 0.15) is 0 Å². The second kappa shape index (κ2) is 6.81. The van der Waals surface area contributed by atoms with E-state index in [1.54, 1.807) is 22.7 Å². The minimum atomic E-state index is 0.641. The molecule has 0 fully saturated rings. The van der Waals surface area contributed by atoms with Crippen LogP contribution in [-0.2, 0) is 0 Å². The van der Waals surface area contributed by atoms with E-state index in [1.165, 1.54) is 10.4 Å². The van der Waals surface area contributed by atoms with Crippen molar-refractivity contribution in [3.05, 3.63) is 39.0 Å². The molecule has 0 unspecified atom stereocenters. The Balaban J connectivity index is 0.000000160. The molecule has 0 saturated heterocycles. The van der Waals surface area contributed by atoms with Crippen molar-refractivity contribution in [2.45, 2.75) is 39.5 Å². The molecule has 2 rings (SSSR count). The molecule has 16 heavy (non-hydrogen) atoms. The van der Waals surface area contributed by atoms with E-state index >= 15 is 0 Å². The zero-order valence-electron chi connectivity index (χ0n) is 10.3. The minimum Gasteiger partial charge on any atom is -0.253 e. The first kappa shape index (κ1) is 13.4. The van der Waals surface area contributed by atoms with Crippen molar-refractivity contribution in [1.82, 2.24) is 4.98 Å². The topological polar surface area (TPSA) is 12.9 Å². The van der Waals surface area contributed by atoms with Gasteiger partial charge in [-0.2, -0.15) is 11.3 Å². The summed E-state index contributed by atoms with van der Waals surface area (Å²) in [5.74, 6) is 1.34. The highest BCUT2D eigenvalue weighted by Gasteiger charge is 1.97. The molecule has 0 aromatic carbocycles. The Kier molecular flexibility index (Phi) is 5.71. The monoisotopic (exact) mass is 253 g/mol. The number of thiazole rings is 1. The highest BCUT2D eigenvalue weighted by atomic mass is 32.1. The van der Waals surface area contributed by atoms with Gasteiger partial charge in [0.05, 0.1) is 5.51 Å². The van der Waals surface area contributed by atoms with Gasteiger partial charge < -0.3 is 0 Å². The molecule has 3 heteroatoms. The second-order valence-electron chi connectivity index (χ2n) is 4.27. The van der Waals surface area contributed by atoms with Crippen molar-refractivity contribution in [2.75, 3.05) is 0 Å². The van der Waals surface area contributed by atoms with Gasteiger partial charge in [0.15, 0.2) is 0 Å². The summed E-state index contributed by atoms with van der Waals surface area (Å²) in [5, 5.41) is 4.32. The molecule has 0 radical (unpaired) electrons. The third-order valence-corrected chi connectivity index (χ3v) is 4.01. The Morgan fingerprint density at radius 1 is 1.12 bits per heavy atom. The minimum absolute atomic E-state index is 0.641. The summed E-state index contributed by atoms with van der Waals surface area (Å²) < 4.78 is 0. The molecule has 0 spiro atoms. The van der Waals surface area contributed by atoms with E-state index in [0.717, 1.165) is 0 Å². The van der Waals surface area contributed by atoms with Gasteiger partial charge in [0.25, 0.3) is 0 Å². The lowest BCUT2D eigenvalue weighted by Gasteiger charge is -1.96. The fourth-order valence-electron chi connectivity index (χ4n) is 1.11. The van der Waals surface area contributed by atoms with E-state index in [0.29, 0.717) is 11.8 Å². The normalized spacial score (nSPS) is 10.4. The average Bonchev–Trinajstić information content (AvgIpc) is 2.93. The van der Waals surface area contributed by atoms with Crippen molar-refractivity contribution in [1.29, 1.82) is 0 Å². The number of aromatic nitrogens is 1. The first-order valence-corrected chi connectivity index (χ1v) is 7.34. The van der Waals surface area contributed by atoms with Crippen LogP contribution in [0.15, 0.2) is 28.5 Å². The van der Waals surface area contributed by atoms with Gasteiger partial charge in [-0.25, -0.2) is 0 Å². The van der Waals surface area contributed by atoms with E-state index in [4.69, 9.17) is 0 Å². The molecule has 0 aliphatic rings. The lowest BCUT2D eigenvalue weighted by Crippen LogP contribution is -1.79. The van der Waals surface area contributed by atoms with E-state index in [2.05, 4.69) is 49.5 Å². The van der Waals surface area contributed by atoms with E-state index in [-0.39, 0.29) is 0 Å². The summed E-state index contributed by atoms with van der Waals surface area (Å²) in [6, 6.07) is 2.18. The molecule has 2 aromatic rings. The van der Waals surface area contributed by atoms with Crippen LogP contribution >= 0.6 is 22.7 Å². The summed E-state index contributed by atoms with van der Waals surface area (Å²) in [7, 11) is 0. The largest absolute Gasteiger partial charge is 0.253 e. The highest BCUT2D eigenvalue weighted by Crippen LogP contribution is 2.17. The maximum atomic E-state index is 3.96. The number of hydrogen-bond acceptors (Lipinski definition) is 3. The second-order valence-corrected chi connectivity index (χ2v) is 5.97. The summed E-state index contributed by atoms with van der Waals surface area (Å²) in [4.78, 5) is 5.33. The van der Waals surface area contributed by atoms with Gasteiger partial charge >= 0.3 is 0 Å². The molecule has 0 amide bonds. The van der Waals surface area contributed by atoms with Crippen LogP contribution in [0.25, 0.3) is 0 Å². The van der Waals surface area contributed by atoms with Gasteiger partial charge in [-0.05, 0) is 34.2 Å². The van der Waals surface area contributed by atoms with Gasteiger partial charge in [0, 0.05) is 11.1 Å². The Hall–Kier alpha value is -0.670. The lowest BCUT2D eigenvalue weighted by molar-refractivity contribution is 0.872. The lowest BCUT2D eigenvalue weighted by atomic mass is 10.1. The molecule has 0 atom stereocenters. The van der Waals surface area contributed by atoms with E-state index in [1.807, 2.05) is 11.7 Å². The first-order valence-electron chi connectivity index (χ1n) is 5.51. The van der Waals surface area contributed by atoms with Crippen LogP contribution in [0.4, 0.5) is 0 Å². The molecule has 88 valence electrons. The smallest absolute Gasteiger partial charge is 0.0794 e. The SMILES string of the molecule is CC(C)c1ccsc1.CC(C)c1cncs1. The number of thiophene rings is 1. The van der Waals surface area contributed by atoms with Gasteiger partial charge in [-0.15, -0.1) is 11.3 Å². The van der Waals surface area contributed by atoms with Gasteiger partial charge in [0.2, 0.25) is 0 Å². The zero-order valence-corrected chi connectivity index (χ0v) is 11.9. The summed E-state index contributed by atoms with van der Waals surface area (Å²) in [6.45, 7) is 8.77. The van der Waals surface area contributed by atoms with Gasteiger partial charge in [-0.3, -0.25) is 4.98 Å². The molecule has 0 aliphatic heterocycles. The molecule has 0 bridgehead atoms. The maximum absolute atomic E-state index is 3.96. The summed E-state index contributed by atoms with van der Waals surface area (Å²) in [6.07, 6.45) is 1.93. The van der Waals surface area contributed by atoms with Crippen LogP contribution in [-0.4, -0.2) is 4.98 Å². The Morgan fingerprint density at radius 2 is 1.88 bits per heavy atom. The van der Waals surface area contributed by atoms with Crippen LogP contribution in [0.2, 0.25) is 0 Å². The van der Waals surface area contributed by atoms with Crippen LogP contribution in [0.5, 0.6) is 0 Å². The van der Waals surface area contributed by atoms with Crippen molar-refractivity contribution in [3.8, 4) is 0 Å². The molecule has 1 nitrogen and oxygen atoms in total. The quantitative estimate of drug-likeness (QED) is 0.722. The van der Waals surface area contributed by atoms with Crippen LogP contribution in [0.1, 0.15) is 50.0 Å². The van der Waals surface area contributed by atoms with Crippen LogP contribution in [0.3, 0.4) is 0 Å². The standard InChI is InChI=1S/C7H10S.C6H9NS/c1-6(2)7-3-4-8-5-7;1-5(2)6-3-7-4-8-6/h3-6H,1-2H3;3-5H,1-2H3. The number of hydrogen-bond donors (Lipinski definition) is 0. The van der Waals surface area contributed by atoms with Crippen molar-refractivity contribution in [2.24, 2.45) is 0 Å². The third-order valence-electron chi connectivity index (χ3n) is 2.23. The molecule has 0 saturated carbocycles. The number of nitrogens with zero attached hydrogens (tertiary/aromatic N) is 1. The average molecular weight is 253 g/mol.